The van der Waals surface area contributed by atoms with E-state index in [0.717, 1.165) is 69.4 Å². The number of halogens is 1. The minimum absolute atomic E-state index is 0. The molecule has 0 bridgehead atoms. The molecule has 2 aliphatic heterocycles. The molecule has 1 aromatic rings. The highest BCUT2D eigenvalue weighted by Crippen LogP contribution is 2.21. The average Bonchev–Trinajstić information content (AvgIpc) is 2.73. The summed E-state index contributed by atoms with van der Waals surface area (Å²) >= 11 is 0. The monoisotopic (exact) mass is 529 g/mol. The van der Waals surface area contributed by atoms with Crippen LogP contribution in [0.4, 0.5) is 5.95 Å². The smallest absolute Gasteiger partial charge is 0.225 e. The Bertz CT molecular complexity index is 609. The average molecular weight is 530 g/mol. The number of aliphatic imine (C=N–C) groups is 1. The van der Waals surface area contributed by atoms with Gasteiger partial charge < -0.3 is 20.0 Å². The molecule has 0 aromatic carbocycles. The number of nitrogens with one attached hydrogen (secondary N) is 1. The second-order valence-corrected chi connectivity index (χ2v) is 8.67. The first-order chi connectivity index (χ1) is 14.2. The van der Waals surface area contributed by atoms with Crippen LogP contribution >= 0.6 is 24.0 Å². The molecule has 0 amide bonds. The van der Waals surface area contributed by atoms with Gasteiger partial charge in [-0.2, -0.15) is 0 Å². The minimum atomic E-state index is 0. The van der Waals surface area contributed by atoms with E-state index in [4.69, 9.17) is 4.99 Å². The maximum absolute atomic E-state index is 4.91. The minimum Gasteiger partial charge on any atom is -0.357 e. The van der Waals surface area contributed by atoms with Crippen molar-refractivity contribution in [1.29, 1.82) is 0 Å². The number of piperazine rings is 1. The maximum atomic E-state index is 4.91. The predicted octanol–water partition coefficient (Wildman–Crippen LogP) is 2.94. The quantitative estimate of drug-likeness (QED) is 0.254. The van der Waals surface area contributed by atoms with E-state index in [1.165, 1.54) is 32.5 Å². The summed E-state index contributed by atoms with van der Waals surface area (Å²) in [6.45, 7) is 16.3. The Labute approximate surface area is 199 Å². The molecule has 30 heavy (non-hydrogen) atoms. The van der Waals surface area contributed by atoms with Gasteiger partial charge in [-0.25, -0.2) is 9.97 Å². The second-order valence-electron chi connectivity index (χ2n) is 8.67. The zero-order chi connectivity index (χ0) is 20.5. The van der Waals surface area contributed by atoms with Gasteiger partial charge in [0.1, 0.15) is 0 Å². The molecule has 2 unspecified atom stereocenters. The van der Waals surface area contributed by atoms with Crippen LogP contribution in [0.5, 0.6) is 0 Å². The molecule has 8 heteroatoms. The van der Waals surface area contributed by atoms with Gasteiger partial charge in [0.2, 0.25) is 5.95 Å². The molecule has 170 valence electrons. The Morgan fingerprint density at radius 3 is 2.37 bits per heavy atom. The van der Waals surface area contributed by atoms with E-state index in [-0.39, 0.29) is 24.0 Å². The summed E-state index contributed by atoms with van der Waals surface area (Å²) < 4.78 is 0. The Morgan fingerprint density at radius 2 is 1.73 bits per heavy atom. The van der Waals surface area contributed by atoms with Gasteiger partial charge in [-0.3, -0.25) is 4.99 Å². The Balaban J connectivity index is 0.00000320. The van der Waals surface area contributed by atoms with Gasteiger partial charge in [0.05, 0.1) is 0 Å². The number of nitrogens with zero attached hydrogens (tertiary/aromatic N) is 6. The summed E-state index contributed by atoms with van der Waals surface area (Å²) in [6.07, 6.45) is 7.40. The fourth-order valence-corrected chi connectivity index (χ4v) is 4.61. The molecule has 1 aromatic heterocycles. The summed E-state index contributed by atoms with van der Waals surface area (Å²) in [5.41, 5.74) is 0. The summed E-state index contributed by atoms with van der Waals surface area (Å²) in [5.74, 6) is 3.57. The van der Waals surface area contributed by atoms with E-state index in [0.29, 0.717) is 0 Å². The topological polar surface area (TPSA) is 59.9 Å². The molecular weight excluding hydrogens is 489 g/mol. The molecule has 2 fully saturated rings. The van der Waals surface area contributed by atoms with Crippen LogP contribution < -0.4 is 10.2 Å². The Hall–Kier alpha value is -1.16. The normalized spacial score (nSPS) is 23.2. The number of rotatable bonds is 7. The molecule has 3 rings (SSSR count). The van der Waals surface area contributed by atoms with Gasteiger partial charge in [0, 0.05) is 64.8 Å². The van der Waals surface area contributed by atoms with E-state index in [2.05, 4.69) is 50.8 Å². The molecule has 0 spiro atoms. The molecule has 3 heterocycles. The van der Waals surface area contributed by atoms with Gasteiger partial charge in [-0.05, 0) is 50.6 Å². The van der Waals surface area contributed by atoms with Crippen LogP contribution in [-0.2, 0) is 0 Å². The molecule has 0 aliphatic carbocycles. The maximum Gasteiger partial charge on any atom is 0.225 e. The van der Waals surface area contributed by atoms with E-state index in [1.54, 1.807) is 0 Å². The second kappa shape index (κ2) is 13.3. The number of anilines is 1. The number of guanidine groups is 1. The molecule has 2 aliphatic rings. The number of piperidine rings is 1. The van der Waals surface area contributed by atoms with E-state index >= 15 is 0 Å². The van der Waals surface area contributed by atoms with Crippen molar-refractivity contribution in [3.8, 4) is 0 Å². The lowest BCUT2D eigenvalue weighted by Crippen LogP contribution is -2.53. The highest BCUT2D eigenvalue weighted by Gasteiger charge is 2.22. The first kappa shape index (κ1) is 25.1. The van der Waals surface area contributed by atoms with Gasteiger partial charge in [-0.1, -0.05) is 13.8 Å². The fraction of sp³-hybridized carbons (Fsp3) is 0.773. The molecule has 7 nitrogen and oxygen atoms in total. The summed E-state index contributed by atoms with van der Waals surface area (Å²) in [4.78, 5) is 20.9. The highest BCUT2D eigenvalue weighted by molar-refractivity contribution is 14.0. The van der Waals surface area contributed by atoms with Gasteiger partial charge in [0.15, 0.2) is 5.96 Å². The standard InChI is InChI=1S/C22H39N7.HI/c1-4-23-21(24-8-5-6-11-27-17-19(2)16-20(3)18-27)28-12-14-29(15-13-28)22-25-9-7-10-26-22;/h7,9-10,19-20H,4-6,8,11-18H2,1-3H3,(H,23,24);1H. The van der Waals surface area contributed by atoms with Gasteiger partial charge in [-0.15, -0.1) is 24.0 Å². The molecular formula is C22H40IN7. The molecule has 0 radical (unpaired) electrons. The van der Waals surface area contributed by atoms with Crippen molar-refractivity contribution >= 4 is 35.9 Å². The fourth-order valence-electron chi connectivity index (χ4n) is 4.61. The van der Waals surface area contributed by atoms with E-state index in [9.17, 15) is 0 Å². The largest absolute Gasteiger partial charge is 0.357 e. The van der Waals surface area contributed by atoms with Crippen molar-refractivity contribution in [2.75, 3.05) is 63.8 Å². The summed E-state index contributed by atoms with van der Waals surface area (Å²) in [7, 11) is 0. The van der Waals surface area contributed by atoms with Crippen LogP contribution in [0, 0.1) is 11.8 Å². The number of hydrogen-bond acceptors (Lipinski definition) is 5. The van der Waals surface area contributed by atoms with Gasteiger partial charge >= 0.3 is 0 Å². The number of aromatic nitrogens is 2. The predicted molar refractivity (Wildman–Crippen MR) is 136 cm³/mol. The van der Waals surface area contributed by atoms with Crippen molar-refractivity contribution in [3.05, 3.63) is 18.5 Å². The Morgan fingerprint density at radius 1 is 1.07 bits per heavy atom. The van der Waals surface area contributed by atoms with Crippen LogP contribution in [0.1, 0.15) is 40.0 Å². The van der Waals surface area contributed by atoms with Crippen molar-refractivity contribution in [1.82, 2.24) is 25.1 Å². The summed E-state index contributed by atoms with van der Waals surface area (Å²) in [5, 5.41) is 3.47. The zero-order valence-corrected chi connectivity index (χ0v) is 21.3. The Kier molecular flexibility index (Phi) is 11.1. The third-order valence-electron chi connectivity index (χ3n) is 5.84. The molecule has 2 saturated heterocycles. The number of unbranched alkanes of at least 4 members (excludes halogenated alkanes) is 1. The van der Waals surface area contributed by atoms with Crippen molar-refractivity contribution < 1.29 is 0 Å². The molecule has 0 saturated carbocycles. The van der Waals surface area contributed by atoms with Crippen LogP contribution in [0.2, 0.25) is 0 Å². The van der Waals surface area contributed by atoms with Gasteiger partial charge in [0.25, 0.3) is 0 Å². The summed E-state index contributed by atoms with van der Waals surface area (Å²) in [6, 6.07) is 1.86. The molecule has 2 atom stereocenters. The SMILES string of the molecule is CCNC(=NCCCCN1CC(C)CC(C)C1)N1CCN(c2ncccn2)CC1.I. The van der Waals surface area contributed by atoms with E-state index < -0.39 is 0 Å². The third kappa shape index (κ3) is 7.83. The number of hydrogen-bond donors (Lipinski definition) is 1. The van der Waals surface area contributed by atoms with Crippen LogP contribution in [-0.4, -0.2) is 84.6 Å². The van der Waals surface area contributed by atoms with Crippen molar-refractivity contribution in [3.63, 3.8) is 0 Å². The first-order valence-electron chi connectivity index (χ1n) is 11.4. The lowest BCUT2D eigenvalue weighted by atomic mass is 9.92. The number of likely N-dealkylation sites (tertiary alicyclic amines) is 1. The van der Waals surface area contributed by atoms with Crippen molar-refractivity contribution in [2.45, 2.75) is 40.0 Å². The lowest BCUT2D eigenvalue weighted by Gasteiger charge is -2.36. The van der Waals surface area contributed by atoms with Crippen LogP contribution in [0.25, 0.3) is 0 Å². The zero-order valence-electron chi connectivity index (χ0n) is 19.0. The third-order valence-corrected chi connectivity index (χ3v) is 5.84. The van der Waals surface area contributed by atoms with Crippen molar-refractivity contribution in [2.24, 2.45) is 16.8 Å². The van der Waals surface area contributed by atoms with E-state index in [1.807, 2.05) is 18.5 Å². The molecule has 1 N–H and O–H groups in total. The lowest BCUT2D eigenvalue weighted by molar-refractivity contribution is 0.139. The first-order valence-corrected chi connectivity index (χ1v) is 11.4. The van der Waals surface area contributed by atoms with Crippen LogP contribution in [0.3, 0.4) is 0 Å². The highest BCUT2D eigenvalue weighted by atomic mass is 127. The van der Waals surface area contributed by atoms with Crippen LogP contribution in [0.15, 0.2) is 23.5 Å².